The van der Waals surface area contributed by atoms with Gasteiger partial charge in [-0.15, -0.1) is 0 Å². The van der Waals surface area contributed by atoms with Crippen LogP contribution < -0.4 is 0 Å². The summed E-state index contributed by atoms with van der Waals surface area (Å²) in [4.78, 5) is 10.7. The normalized spacial score (nSPS) is 12.5. The van der Waals surface area contributed by atoms with Gasteiger partial charge in [-0.1, -0.05) is 218 Å². The van der Waals surface area contributed by atoms with Gasteiger partial charge in [0.25, 0.3) is 0 Å². The fraction of sp³-hybridized carbons (Fsp3) is 0.0154. The molecular weight excluding hydrogens is 825 g/mol. The second kappa shape index (κ2) is 16.2. The number of para-hydroxylation sites is 2. The van der Waals surface area contributed by atoms with Crippen LogP contribution in [0, 0.1) is 0 Å². The quantitative estimate of drug-likeness (QED) is 0.153. The Bertz CT molecular complexity index is 3800. The Labute approximate surface area is 395 Å². The largest absolute Gasteiger partial charge is 0.455 e. The standard InChI is InChI=1S/C65H42N2O/c1-5-20-43(21-6-1)47-39-48(52-32-19-36-58-62(52)56-31-13-15-35-57(56)65(58,50-26-9-3-10-27-50)51-28-11-4-12-29-51)41-49(40-47)60-42-59(66-64(67-60)44-22-7-2-8-23-44)46-25-17-24-45(38-46)53-33-18-34-55-54-30-14-16-37-61(54)68-63(53)55/h1-42H. The second-order valence-electron chi connectivity index (χ2n) is 17.6. The Kier molecular flexibility index (Phi) is 9.40. The lowest BCUT2D eigenvalue weighted by atomic mass is 9.67. The lowest BCUT2D eigenvalue weighted by Crippen LogP contribution is -2.28. The molecule has 10 aromatic carbocycles. The summed E-state index contributed by atoms with van der Waals surface area (Å²) in [5.74, 6) is 0.666. The Morgan fingerprint density at radius 2 is 0.809 bits per heavy atom. The SMILES string of the molecule is c1ccc(-c2cc(-c3cc(-c4cccc(-c5cccc6c5oc5ccccc56)c4)nc(-c4ccccc4)n3)cc(-c3cccc4c3-c3ccccc3C4(c3ccccc3)c3ccccc3)c2)cc1. The molecule has 3 heteroatoms. The van der Waals surface area contributed by atoms with Crippen LogP contribution in [-0.4, -0.2) is 9.97 Å². The number of furan rings is 1. The van der Waals surface area contributed by atoms with E-state index in [4.69, 9.17) is 14.4 Å². The number of benzene rings is 10. The summed E-state index contributed by atoms with van der Waals surface area (Å²) in [6.07, 6.45) is 0. The average molecular weight is 867 g/mol. The van der Waals surface area contributed by atoms with E-state index < -0.39 is 5.41 Å². The Hall–Kier alpha value is -8.92. The average Bonchev–Trinajstić information content (AvgIpc) is 3.96. The Morgan fingerprint density at radius 1 is 0.309 bits per heavy atom. The van der Waals surface area contributed by atoms with Crippen molar-refractivity contribution in [2.45, 2.75) is 5.41 Å². The van der Waals surface area contributed by atoms with Crippen molar-refractivity contribution in [3.8, 4) is 78.4 Å². The first-order chi connectivity index (χ1) is 33.7. The third-order valence-electron chi connectivity index (χ3n) is 13.8. The van der Waals surface area contributed by atoms with Gasteiger partial charge in [-0.3, -0.25) is 0 Å². The van der Waals surface area contributed by atoms with Crippen LogP contribution in [0.25, 0.3) is 100 Å². The van der Waals surface area contributed by atoms with Crippen LogP contribution >= 0.6 is 0 Å². The van der Waals surface area contributed by atoms with Gasteiger partial charge in [-0.25, -0.2) is 9.97 Å². The van der Waals surface area contributed by atoms with Gasteiger partial charge >= 0.3 is 0 Å². The lowest BCUT2D eigenvalue weighted by molar-refractivity contribution is 0.670. The van der Waals surface area contributed by atoms with Gasteiger partial charge in [-0.05, 0) is 97.6 Å². The molecule has 0 bridgehead atoms. The summed E-state index contributed by atoms with van der Waals surface area (Å²) in [6, 6.07) is 91.3. The van der Waals surface area contributed by atoms with Crippen LogP contribution in [0.2, 0.25) is 0 Å². The van der Waals surface area contributed by atoms with E-state index in [0.717, 1.165) is 77.8 Å². The van der Waals surface area contributed by atoms with Crippen molar-refractivity contribution >= 4 is 21.9 Å². The summed E-state index contributed by atoms with van der Waals surface area (Å²) in [5, 5.41) is 2.22. The van der Waals surface area contributed by atoms with Crippen LogP contribution in [0.3, 0.4) is 0 Å². The summed E-state index contributed by atoms with van der Waals surface area (Å²) < 4.78 is 6.51. The van der Waals surface area contributed by atoms with E-state index in [1.807, 2.05) is 30.3 Å². The predicted octanol–water partition coefficient (Wildman–Crippen LogP) is 16.7. The third kappa shape index (κ3) is 6.43. The monoisotopic (exact) mass is 866 g/mol. The van der Waals surface area contributed by atoms with E-state index in [0.29, 0.717) is 5.82 Å². The van der Waals surface area contributed by atoms with Crippen molar-refractivity contribution in [3.05, 3.63) is 277 Å². The molecule has 0 fully saturated rings. The minimum absolute atomic E-state index is 0.513. The zero-order chi connectivity index (χ0) is 45.0. The molecular formula is C65H42N2O. The highest BCUT2D eigenvalue weighted by Crippen LogP contribution is 2.58. The number of hydrogen-bond acceptors (Lipinski definition) is 3. The van der Waals surface area contributed by atoms with Crippen LogP contribution in [0.15, 0.2) is 259 Å². The molecule has 2 aromatic heterocycles. The molecule has 1 aliphatic rings. The molecule has 0 atom stereocenters. The van der Waals surface area contributed by atoms with Crippen molar-refractivity contribution in [3.63, 3.8) is 0 Å². The first-order valence-corrected chi connectivity index (χ1v) is 23.2. The smallest absolute Gasteiger partial charge is 0.160 e. The maximum absolute atomic E-state index is 6.51. The summed E-state index contributed by atoms with van der Waals surface area (Å²) >= 11 is 0. The highest BCUT2D eigenvalue weighted by atomic mass is 16.3. The molecule has 0 N–H and O–H groups in total. The van der Waals surface area contributed by atoms with Crippen LogP contribution in [-0.2, 0) is 5.41 Å². The van der Waals surface area contributed by atoms with Gasteiger partial charge in [0.1, 0.15) is 11.2 Å². The van der Waals surface area contributed by atoms with Gasteiger partial charge in [0.15, 0.2) is 5.82 Å². The molecule has 0 radical (unpaired) electrons. The highest BCUT2D eigenvalue weighted by molar-refractivity contribution is 6.09. The molecule has 13 rings (SSSR count). The summed E-state index contributed by atoms with van der Waals surface area (Å²) in [7, 11) is 0. The maximum atomic E-state index is 6.51. The number of nitrogens with zero attached hydrogens (tertiary/aromatic N) is 2. The molecule has 0 amide bonds. The van der Waals surface area contributed by atoms with Gasteiger partial charge in [0, 0.05) is 33.0 Å². The van der Waals surface area contributed by atoms with E-state index in [-0.39, 0.29) is 0 Å². The predicted molar refractivity (Wildman–Crippen MR) is 279 cm³/mol. The van der Waals surface area contributed by atoms with E-state index in [9.17, 15) is 0 Å². The van der Waals surface area contributed by atoms with Gasteiger partial charge in [-0.2, -0.15) is 0 Å². The Morgan fingerprint density at radius 3 is 1.57 bits per heavy atom. The molecule has 12 aromatic rings. The number of aromatic nitrogens is 2. The van der Waals surface area contributed by atoms with E-state index in [2.05, 4.69) is 224 Å². The van der Waals surface area contributed by atoms with Crippen LogP contribution in [0.1, 0.15) is 22.3 Å². The molecule has 0 unspecified atom stereocenters. The Balaban J connectivity index is 1.03. The van der Waals surface area contributed by atoms with Crippen molar-refractivity contribution in [1.29, 1.82) is 0 Å². The zero-order valence-electron chi connectivity index (χ0n) is 37.1. The molecule has 3 nitrogen and oxygen atoms in total. The number of fused-ring (bicyclic) bond motifs is 6. The van der Waals surface area contributed by atoms with E-state index in [1.54, 1.807) is 0 Å². The second-order valence-corrected chi connectivity index (χ2v) is 17.6. The summed E-state index contributed by atoms with van der Waals surface area (Å²) in [6.45, 7) is 0. The van der Waals surface area contributed by atoms with E-state index in [1.165, 1.54) is 38.9 Å². The number of hydrogen-bond donors (Lipinski definition) is 0. The van der Waals surface area contributed by atoms with Crippen LogP contribution in [0.4, 0.5) is 0 Å². The van der Waals surface area contributed by atoms with Gasteiger partial charge in [0.05, 0.1) is 16.8 Å². The molecule has 318 valence electrons. The van der Waals surface area contributed by atoms with Crippen molar-refractivity contribution in [1.82, 2.24) is 9.97 Å². The first-order valence-electron chi connectivity index (χ1n) is 23.2. The van der Waals surface area contributed by atoms with Gasteiger partial charge < -0.3 is 4.42 Å². The first kappa shape index (κ1) is 39.4. The van der Waals surface area contributed by atoms with Crippen LogP contribution in [0.5, 0.6) is 0 Å². The van der Waals surface area contributed by atoms with Crippen molar-refractivity contribution in [2.24, 2.45) is 0 Å². The molecule has 1 aliphatic carbocycles. The molecule has 0 spiro atoms. The molecule has 0 saturated carbocycles. The minimum Gasteiger partial charge on any atom is -0.455 e. The molecule has 2 heterocycles. The fourth-order valence-corrected chi connectivity index (χ4v) is 10.7. The summed E-state index contributed by atoms with van der Waals surface area (Å²) in [5.41, 5.74) is 20.0. The van der Waals surface area contributed by atoms with E-state index >= 15 is 0 Å². The zero-order valence-corrected chi connectivity index (χ0v) is 37.1. The fourth-order valence-electron chi connectivity index (χ4n) is 10.7. The number of rotatable bonds is 8. The topological polar surface area (TPSA) is 38.9 Å². The van der Waals surface area contributed by atoms with Crippen molar-refractivity contribution < 1.29 is 4.42 Å². The highest BCUT2D eigenvalue weighted by Gasteiger charge is 2.46. The maximum Gasteiger partial charge on any atom is 0.160 e. The molecule has 0 aliphatic heterocycles. The van der Waals surface area contributed by atoms with Crippen molar-refractivity contribution in [2.75, 3.05) is 0 Å². The van der Waals surface area contributed by atoms with Gasteiger partial charge in [0.2, 0.25) is 0 Å². The minimum atomic E-state index is -0.513. The molecule has 68 heavy (non-hydrogen) atoms. The third-order valence-corrected chi connectivity index (χ3v) is 13.8. The molecule has 0 saturated heterocycles. The lowest BCUT2D eigenvalue weighted by Gasteiger charge is -2.34.